The van der Waals surface area contributed by atoms with Gasteiger partial charge in [0.05, 0.1) is 0 Å². The van der Waals surface area contributed by atoms with Gasteiger partial charge in [0, 0.05) is 6.07 Å². The Kier molecular flexibility index (Phi) is 3.24. The lowest BCUT2D eigenvalue weighted by atomic mass is 10.3. The molecule has 1 aromatic heterocycles. The largest absolute Gasteiger partial charge is 0.501 e. The van der Waals surface area contributed by atoms with E-state index in [1.54, 1.807) is 0 Å². The number of rotatable bonds is 3. The summed E-state index contributed by atoms with van der Waals surface area (Å²) in [7, 11) is -4.57. The molecule has 1 rings (SSSR count). The van der Waals surface area contributed by atoms with Crippen LogP contribution in [0.3, 0.4) is 0 Å². The molecule has 0 aromatic carbocycles. The Labute approximate surface area is 92.9 Å². The van der Waals surface area contributed by atoms with Crippen LogP contribution in [-0.2, 0) is 10.0 Å². The highest BCUT2D eigenvalue weighted by Crippen LogP contribution is 2.32. The van der Waals surface area contributed by atoms with Crippen LogP contribution < -0.4 is 5.14 Å². The molecule has 0 saturated carbocycles. The number of hydrogen-bond donors (Lipinski definition) is 2. The van der Waals surface area contributed by atoms with Crippen molar-refractivity contribution in [1.82, 2.24) is 4.98 Å². The topological polar surface area (TPSA) is 136 Å². The van der Waals surface area contributed by atoms with E-state index in [4.69, 9.17) is 5.11 Å². The molecule has 0 fully saturated rings. The summed E-state index contributed by atoms with van der Waals surface area (Å²) >= 11 is 0. The van der Waals surface area contributed by atoms with Crippen LogP contribution in [-0.4, -0.2) is 23.4 Å². The van der Waals surface area contributed by atoms with E-state index in [1.165, 1.54) is 0 Å². The van der Waals surface area contributed by atoms with E-state index in [2.05, 4.69) is 10.1 Å². The second kappa shape index (κ2) is 4.18. The third kappa shape index (κ3) is 2.62. The number of sulfonamides is 1. The lowest BCUT2D eigenvalue weighted by molar-refractivity contribution is -0.390. The van der Waals surface area contributed by atoms with Crippen LogP contribution in [0.25, 0.3) is 0 Å². The summed E-state index contributed by atoms with van der Waals surface area (Å²) in [6.07, 6.45) is -3.39. The maximum atomic E-state index is 12.4. The van der Waals surface area contributed by atoms with Crippen LogP contribution >= 0.6 is 0 Å². The van der Waals surface area contributed by atoms with Crippen LogP contribution in [0.15, 0.2) is 11.0 Å². The first-order chi connectivity index (χ1) is 7.64. The molecule has 0 bridgehead atoms. The minimum atomic E-state index is -4.57. The average Bonchev–Trinajstić information content (AvgIpc) is 2.14. The van der Waals surface area contributed by atoms with Crippen molar-refractivity contribution in [2.45, 2.75) is 11.3 Å². The fraction of sp³-hybridized carbons (Fsp3) is 0.167. The summed E-state index contributed by atoms with van der Waals surface area (Å²) in [6.45, 7) is 0. The van der Waals surface area contributed by atoms with Crippen molar-refractivity contribution in [2.24, 2.45) is 5.14 Å². The highest BCUT2D eigenvalue weighted by Gasteiger charge is 2.32. The normalized spacial score (nSPS) is 11.8. The maximum absolute atomic E-state index is 12.4. The molecule has 11 heteroatoms. The lowest BCUT2D eigenvalue weighted by Crippen LogP contribution is -2.16. The number of pyridine rings is 1. The second-order valence-electron chi connectivity index (χ2n) is 2.82. The van der Waals surface area contributed by atoms with Crippen LogP contribution in [0.2, 0.25) is 0 Å². The van der Waals surface area contributed by atoms with Gasteiger partial charge in [0.2, 0.25) is 21.5 Å². The zero-order chi connectivity index (χ0) is 13.4. The summed E-state index contributed by atoms with van der Waals surface area (Å²) < 4.78 is 46.7. The summed E-state index contributed by atoms with van der Waals surface area (Å²) in [6, 6.07) is 0.266. The molecule has 0 amide bonds. The van der Waals surface area contributed by atoms with Gasteiger partial charge in [0.25, 0.3) is 0 Å². The van der Waals surface area contributed by atoms with Gasteiger partial charge < -0.3 is 15.2 Å². The Balaban J connectivity index is 3.64. The predicted octanol–water partition coefficient (Wildman–Crippen LogP) is 0.280. The Morgan fingerprint density at radius 2 is 2.06 bits per heavy atom. The van der Waals surface area contributed by atoms with E-state index in [0.717, 1.165) is 0 Å². The molecule has 3 N–H and O–H groups in total. The minimum Gasteiger partial charge on any atom is -0.501 e. The van der Waals surface area contributed by atoms with Gasteiger partial charge in [-0.25, -0.2) is 22.3 Å². The maximum Gasteiger partial charge on any atom is 0.406 e. The molecular weight excluding hydrogens is 264 g/mol. The van der Waals surface area contributed by atoms with Gasteiger partial charge in [0.1, 0.15) is 4.90 Å². The zero-order valence-corrected chi connectivity index (χ0v) is 8.69. The van der Waals surface area contributed by atoms with Crippen molar-refractivity contribution >= 4 is 15.8 Å². The number of nitrogens with two attached hydrogens (primary N) is 1. The number of halogens is 2. The highest BCUT2D eigenvalue weighted by atomic mass is 32.2. The van der Waals surface area contributed by atoms with E-state index in [0.29, 0.717) is 0 Å². The number of aromatic hydroxyl groups is 1. The summed E-state index contributed by atoms with van der Waals surface area (Å²) in [4.78, 5) is 10.7. The van der Waals surface area contributed by atoms with Gasteiger partial charge in [0.15, 0.2) is 0 Å². The first-order valence-electron chi connectivity index (χ1n) is 3.84. The highest BCUT2D eigenvalue weighted by molar-refractivity contribution is 7.89. The van der Waals surface area contributed by atoms with E-state index in [-0.39, 0.29) is 6.07 Å². The van der Waals surface area contributed by atoms with Crippen molar-refractivity contribution in [2.75, 3.05) is 0 Å². The Morgan fingerprint density at radius 1 is 1.53 bits per heavy atom. The molecule has 0 aliphatic heterocycles. The Bertz CT molecular complexity index is 573. The van der Waals surface area contributed by atoms with E-state index in [9.17, 15) is 27.3 Å². The number of nitro groups is 1. The van der Waals surface area contributed by atoms with Crippen molar-refractivity contribution in [3.63, 3.8) is 0 Å². The smallest absolute Gasteiger partial charge is 0.406 e. The first-order valence-corrected chi connectivity index (χ1v) is 5.38. The van der Waals surface area contributed by atoms with Crippen LogP contribution in [0.4, 0.5) is 14.6 Å². The fourth-order valence-corrected chi connectivity index (χ4v) is 1.71. The lowest BCUT2D eigenvalue weighted by Gasteiger charge is -2.03. The molecule has 0 aliphatic carbocycles. The summed E-state index contributed by atoms with van der Waals surface area (Å²) in [5.41, 5.74) is -1.38. The molecule has 0 radical (unpaired) electrons. The van der Waals surface area contributed by atoms with Crippen molar-refractivity contribution in [3.8, 4) is 5.75 Å². The molecule has 8 nitrogen and oxygen atoms in total. The Hall–Kier alpha value is -1.88. The molecule has 0 spiro atoms. The van der Waals surface area contributed by atoms with E-state index >= 15 is 0 Å². The van der Waals surface area contributed by atoms with Crippen LogP contribution in [0, 0.1) is 10.1 Å². The number of aromatic nitrogens is 1. The van der Waals surface area contributed by atoms with Crippen molar-refractivity contribution in [3.05, 3.63) is 21.9 Å². The monoisotopic (exact) mass is 269 g/mol. The molecule has 94 valence electrons. The van der Waals surface area contributed by atoms with Crippen molar-refractivity contribution < 1.29 is 27.2 Å². The van der Waals surface area contributed by atoms with Gasteiger partial charge in [-0.2, -0.15) is 0 Å². The van der Waals surface area contributed by atoms with Gasteiger partial charge in [-0.15, -0.1) is 0 Å². The molecule has 0 aliphatic rings. The molecule has 1 aromatic rings. The van der Waals surface area contributed by atoms with Crippen LogP contribution in [0.5, 0.6) is 5.75 Å². The van der Waals surface area contributed by atoms with Crippen molar-refractivity contribution in [1.29, 1.82) is 0 Å². The van der Waals surface area contributed by atoms with E-state index in [1.807, 2.05) is 0 Å². The molecule has 17 heavy (non-hydrogen) atoms. The minimum absolute atomic E-state index is 0.266. The van der Waals surface area contributed by atoms with Gasteiger partial charge >= 0.3 is 12.2 Å². The number of hydrogen-bond acceptors (Lipinski definition) is 6. The third-order valence-electron chi connectivity index (χ3n) is 1.66. The number of alkyl halides is 2. The summed E-state index contributed by atoms with van der Waals surface area (Å²) in [5.74, 6) is -2.43. The third-order valence-corrected chi connectivity index (χ3v) is 2.60. The quantitative estimate of drug-likeness (QED) is 0.597. The molecular formula is C6H5F2N3O5S. The molecule has 1 heterocycles. The Morgan fingerprint density at radius 3 is 2.41 bits per heavy atom. The zero-order valence-electron chi connectivity index (χ0n) is 7.87. The fourth-order valence-electron chi connectivity index (χ4n) is 1.01. The van der Waals surface area contributed by atoms with Gasteiger partial charge in [-0.05, 0) is 9.91 Å². The standard InChI is InChI=1S/C6H5F2N3O5S/c7-5(8)4-3(17(9,15)16)1-2(12)6(10-4)11(13)14/h1,5,12H,(H2,9,15,16). The molecule has 0 atom stereocenters. The van der Waals surface area contributed by atoms with Crippen LogP contribution in [0.1, 0.15) is 12.1 Å². The van der Waals surface area contributed by atoms with Gasteiger partial charge in [-0.1, -0.05) is 0 Å². The molecule has 0 unspecified atom stereocenters. The summed E-state index contributed by atoms with van der Waals surface area (Å²) in [5, 5.41) is 24.0. The number of nitrogens with zero attached hydrogens (tertiary/aromatic N) is 2. The van der Waals surface area contributed by atoms with E-state index < -0.39 is 43.5 Å². The second-order valence-corrected chi connectivity index (χ2v) is 4.35. The SMILES string of the molecule is NS(=O)(=O)c1cc(O)c([N+](=O)[O-])nc1C(F)F. The predicted molar refractivity (Wildman–Crippen MR) is 48.9 cm³/mol. The number of primary sulfonamides is 1. The van der Waals surface area contributed by atoms with Gasteiger partial charge in [-0.3, -0.25) is 0 Å². The first kappa shape index (κ1) is 13.2. The average molecular weight is 269 g/mol. The molecule has 0 saturated heterocycles.